The van der Waals surface area contributed by atoms with E-state index >= 15 is 0 Å². The van der Waals surface area contributed by atoms with Gasteiger partial charge in [-0.05, 0) is 24.6 Å². The number of amides is 2. The maximum atomic E-state index is 12.4. The second-order valence-corrected chi connectivity index (χ2v) is 5.92. The summed E-state index contributed by atoms with van der Waals surface area (Å²) in [5.41, 5.74) is 2.06. The van der Waals surface area contributed by atoms with Gasteiger partial charge < -0.3 is 10.6 Å². The molecule has 1 heterocycles. The molecule has 0 radical (unpaired) electrons. The minimum Gasteiger partial charge on any atom is -0.357 e. The molecule has 6 nitrogen and oxygen atoms in total. The fourth-order valence-electron chi connectivity index (χ4n) is 2.82. The Morgan fingerprint density at radius 1 is 0.923 bits per heavy atom. The van der Waals surface area contributed by atoms with Crippen molar-refractivity contribution >= 4 is 17.8 Å². The third kappa shape index (κ3) is 3.91. The summed E-state index contributed by atoms with van der Waals surface area (Å²) >= 11 is 0. The quantitative estimate of drug-likeness (QED) is 0.475. The van der Waals surface area contributed by atoms with Gasteiger partial charge in [-0.25, -0.2) is 4.99 Å². The minimum atomic E-state index is -0.237. The molecule has 2 amide bonds. The number of carbonyl (C=O) groups is 2. The summed E-state index contributed by atoms with van der Waals surface area (Å²) in [5, 5.41) is 6.35. The molecule has 26 heavy (non-hydrogen) atoms. The number of nitrogens with one attached hydrogen (secondary N) is 2. The molecular formula is C20H22N4O2. The van der Waals surface area contributed by atoms with Crippen molar-refractivity contribution in [2.75, 3.05) is 19.6 Å². The molecule has 1 aliphatic rings. The maximum absolute atomic E-state index is 12.4. The molecule has 0 saturated carbocycles. The Balaban J connectivity index is 1.57. The third-order valence-corrected chi connectivity index (χ3v) is 4.11. The fourth-order valence-corrected chi connectivity index (χ4v) is 2.82. The smallest absolute Gasteiger partial charge is 0.261 e. The maximum Gasteiger partial charge on any atom is 0.261 e. The van der Waals surface area contributed by atoms with Crippen LogP contribution in [0, 0.1) is 0 Å². The zero-order valence-corrected chi connectivity index (χ0v) is 14.7. The highest BCUT2D eigenvalue weighted by Crippen LogP contribution is 2.21. The van der Waals surface area contributed by atoms with Crippen LogP contribution in [0.2, 0.25) is 0 Å². The molecule has 6 heteroatoms. The van der Waals surface area contributed by atoms with Crippen LogP contribution in [0.25, 0.3) is 0 Å². The number of guanidine groups is 1. The Kier molecular flexibility index (Phi) is 5.63. The molecule has 2 aromatic rings. The van der Waals surface area contributed by atoms with E-state index in [1.54, 1.807) is 24.3 Å². The van der Waals surface area contributed by atoms with Gasteiger partial charge in [0.25, 0.3) is 11.8 Å². The van der Waals surface area contributed by atoms with Crippen LogP contribution < -0.4 is 10.6 Å². The van der Waals surface area contributed by atoms with Gasteiger partial charge in [-0.3, -0.25) is 14.5 Å². The summed E-state index contributed by atoms with van der Waals surface area (Å²) in [5.74, 6) is 0.185. The summed E-state index contributed by atoms with van der Waals surface area (Å²) in [7, 11) is 0. The first-order valence-electron chi connectivity index (χ1n) is 8.72. The van der Waals surface area contributed by atoms with Crippen LogP contribution in [0.3, 0.4) is 0 Å². The second kappa shape index (κ2) is 8.29. The predicted molar refractivity (Wildman–Crippen MR) is 101 cm³/mol. The zero-order valence-electron chi connectivity index (χ0n) is 14.7. The number of nitrogens with zero attached hydrogens (tertiary/aromatic N) is 2. The number of imide groups is 1. The molecule has 1 aliphatic heterocycles. The summed E-state index contributed by atoms with van der Waals surface area (Å²) < 4.78 is 0. The van der Waals surface area contributed by atoms with Crippen molar-refractivity contribution in [3.63, 3.8) is 0 Å². The Hall–Kier alpha value is -3.15. The lowest BCUT2D eigenvalue weighted by Crippen LogP contribution is -2.43. The van der Waals surface area contributed by atoms with Crippen molar-refractivity contribution in [3.8, 4) is 0 Å². The van der Waals surface area contributed by atoms with Crippen LogP contribution in [0.4, 0.5) is 0 Å². The van der Waals surface area contributed by atoms with E-state index in [1.807, 2.05) is 37.3 Å². The highest BCUT2D eigenvalue weighted by atomic mass is 16.2. The topological polar surface area (TPSA) is 73.8 Å². The molecule has 0 spiro atoms. The van der Waals surface area contributed by atoms with E-state index in [2.05, 4.69) is 15.6 Å². The first-order valence-corrected chi connectivity index (χ1v) is 8.72. The lowest BCUT2D eigenvalue weighted by Gasteiger charge is -2.16. The van der Waals surface area contributed by atoms with E-state index < -0.39 is 0 Å². The molecule has 0 unspecified atom stereocenters. The van der Waals surface area contributed by atoms with Gasteiger partial charge in [-0.15, -0.1) is 0 Å². The summed E-state index contributed by atoms with van der Waals surface area (Å²) in [6.45, 7) is 4.01. The predicted octanol–water partition coefficient (Wildman–Crippen LogP) is 2.04. The summed E-state index contributed by atoms with van der Waals surface area (Å²) in [6.07, 6.45) is 0. The van der Waals surface area contributed by atoms with Crippen molar-refractivity contribution in [3.05, 3.63) is 71.3 Å². The monoisotopic (exact) mass is 350 g/mol. The van der Waals surface area contributed by atoms with E-state index in [0.29, 0.717) is 36.7 Å². The molecule has 2 aromatic carbocycles. The number of rotatable bonds is 6. The third-order valence-electron chi connectivity index (χ3n) is 4.11. The minimum absolute atomic E-state index is 0.237. The molecule has 134 valence electrons. The zero-order chi connectivity index (χ0) is 18.4. The second-order valence-electron chi connectivity index (χ2n) is 5.92. The van der Waals surface area contributed by atoms with Crippen molar-refractivity contribution < 1.29 is 9.59 Å². The van der Waals surface area contributed by atoms with Gasteiger partial charge in [0.15, 0.2) is 5.96 Å². The van der Waals surface area contributed by atoms with E-state index in [-0.39, 0.29) is 11.8 Å². The fraction of sp³-hybridized carbons (Fsp3) is 0.250. The van der Waals surface area contributed by atoms with Gasteiger partial charge in [0.05, 0.1) is 17.7 Å². The average molecular weight is 350 g/mol. The largest absolute Gasteiger partial charge is 0.357 e. The van der Waals surface area contributed by atoms with Crippen LogP contribution in [0.5, 0.6) is 0 Å². The van der Waals surface area contributed by atoms with Gasteiger partial charge >= 0.3 is 0 Å². The van der Waals surface area contributed by atoms with E-state index in [0.717, 1.165) is 12.1 Å². The summed E-state index contributed by atoms with van der Waals surface area (Å²) in [4.78, 5) is 30.5. The average Bonchev–Trinajstić information content (AvgIpc) is 2.92. The lowest BCUT2D eigenvalue weighted by molar-refractivity contribution is 0.0657. The van der Waals surface area contributed by atoms with E-state index in [9.17, 15) is 9.59 Å². The normalized spacial score (nSPS) is 13.7. The molecule has 2 N–H and O–H groups in total. The van der Waals surface area contributed by atoms with E-state index in [1.165, 1.54) is 4.90 Å². The van der Waals surface area contributed by atoms with Crippen molar-refractivity contribution in [2.45, 2.75) is 13.5 Å². The van der Waals surface area contributed by atoms with Crippen LogP contribution in [0.1, 0.15) is 33.2 Å². The number of hydrogen-bond acceptors (Lipinski definition) is 3. The van der Waals surface area contributed by atoms with Crippen LogP contribution >= 0.6 is 0 Å². The van der Waals surface area contributed by atoms with Gasteiger partial charge in [-0.2, -0.15) is 0 Å². The molecule has 0 aliphatic carbocycles. The van der Waals surface area contributed by atoms with Gasteiger partial charge in [0, 0.05) is 19.6 Å². The Morgan fingerprint density at radius 2 is 1.54 bits per heavy atom. The molecule has 3 rings (SSSR count). The first kappa shape index (κ1) is 17.7. The van der Waals surface area contributed by atoms with E-state index in [4.69, 9.17) is 0 Å². The van der Waals surface area contributed by atoms with Gasteiger partial charge in [0.1, 0.15) is 0 Å². The van der Waals surface area contributed by atoms with Crippen LogP contribution in [0.15, 0.2) is 59.6 Å². The Labute approximate surface area is 152 Å². The lowest BCUT2D eigenvalue weighted by atomic mass is 10.1. The highest BCUT2D eigenvalue weighted by Gasteiger charge is 2.34. The number of carbonyl (C=O) groups excluding carboxylic acids is 2. The van der Waals surface area contributed by atoms with Crippen molar-refractivity contribution in [2.24, 2.45) is 4.99 Å². The Bertz CT molecular complexity index is 783. The highest BCUT2D eigenvalue weighted by molar-refractivity contribution is 6.21. The van der Waals surface area contributed by atoms with Gasteiger partial charge in [0.2, 0.25) is 0 Å². The number of aliphatic imine (C=N–C) groups is 1. The standard InChI is InChI=1S/C20H22N4O2/c1-2-21-20(23-14-15-8-4-3-5-9-15)22-12-13-24-18(25)16-10-6-7-11-17(16)19(24)26/h3-11H,2,12-14H2,1H3,(H2,21,22,23). The molecule has 0 atom stereocenters. The van der Waals surface area contributed by atoms with Crippen molar-refractivity contribution in [1.82, 2.24) is 15.5 Å². The molecular weight excluding hydrogens is 328 g/mol. The Morgan fingerprint density at radius 3 is 2.15 bits per heavy atom. The van der Waals surface area contributed by atoms with Crippen LogP contribution in [-0.2, 0) is 6.54 Å². The molecule has 0 saturated heterocycles. The number of hydrogen-bond donors (Lipinski definition) is 2. The van der Waals surface area contributed by atoms with Gasteiger partial charge in [-0.1, -0.05) is 42.5 Å². The van der Waals surface area contributed by atoms with Crippen LogP contribution in [-0.4, -0.2) is 42.3 Å². The van der Waals surface area contributed by atoms with Crippen molar-refractivity contribution in [1.29, 1.82) is 0 Å². The number of fused-ring (bicyclic) bond motifs is 1. The first-order chi connectivity index (χ1) is 12.7. The molecule has 0 fully saturated rings. The molecule has 0 aromatic heterocycles. The molecule has 0 bridgehead atoms. The SMILES string of the molecule is CCNC(=NCc1ccccc1)NCCN1C(=O)c2ccccc2C1=O. The number of benzene rings is 2. The summed E-state index contributed by atoms with van der Waals surface area (Å²) in [6, 6.07) is 16.9.